The highest BCUT2D eigenvalue weighted by Crippen LogP contribution is 2.12. The maximum Gasteiger partial charge on any atom is 0.251 e. The highest BCUT2D eigenvalue weighted by atomic mass is 16.1. The minimum Gasteiger partial charge on any atom is -0.399 e. The van der Waals surface area contributed by atoms with Crippen LogP contribution in [0.15, 0.2) is 42.6 Å². The van der Waals surface area contributed by atoms with Crippen LogP contribution in [0, 0.1) is 6.92 Å². The van der Waals surface area contributed by atoms with E-state index in [1.54, 1.807) is 24.4 Å². The molecule has 1 aromatic heterocycles. The van der Waals surface area contributed by atoms with Crippen LogP contribution >= 0.6 is 0 Å². The molecule has 4 heteroatoms. The lowest BCUT2D eigenvalue weighted by molar-refractivity contribution is 0.0954. The molecule has 0 spiro atoms. The predicted molar refractivity (Wildman–Crippen MR) is 75.9 cm³/mol. The highest BCUT2D eigenvalue weighted by molar-refractivity contribution is 5.94. The van der Waals surface area contributed by atoms with Gasteiger partial charge in [0.05, 0.1) is 0 Å². The molecule has 3 N–H and O–H groups in total. The lowest BCUT2D eigenvalue weighted by Crippen LogP contribution is -2.26. The third-order valence-corrected chi connectivity index (χ3v) is 2.92. The molecule has 0 bridgehead atoms. The number of aromatic nitrogens is 1. The first kappa shape index (κ1) is 13.1. The van der Waals surface area contributed by atoms with E-state index in [0.29, 0.717) is 17.8 Å². The van der Waals surface area contributed by atoms with Crippen molar-refractivity contribution in [2.45, 2.75) is 13.3 Å². The van der Waals surface area contributed by atoms with Crippen LogP contribution in [0.2, 0.25) is 0 Å². The average molecular weight is 255 g/mol. The lowest BCUT2D eigenvalue weighted by Gasteiger charge is -2.07. The molecule has 0 aliphatic heterocycles. The SMILES string of the molecule is Cc1cc(C(=O)NCCc2ccccn2)ccc1N. The fourth-order valence-electron chi connectivity index (χ4n) is 1.77. The van der Waals surface area contributed by atoms with Crippen LogP contribution in [-0.4, -0.2) is 17.4 Å². The molecule has 0 aliphatic rings. The molecular formula is C15H17N3O. The summed E-state index contributed by atoms with van der Waals surface area (Å²) in [7, 11) is 0. The van der Waals surface area contributed by atoms with Crippen molar-refractivity contribution in [2.75, 3.05) is 12.3 Å². The molecular weight excluding hydrogens is 238 g/mol. The maximum absolute atomic E-state index is 11.9. The van der Waals surface area contributed by atoms with Crippen LogP contribution in [0.4, 0.5) is 5.69 Å². The second-order valence-corrected chi connectivity index (χ2v) is 4.40. The van der Waals surface area contributed by atoms with Crippen molar-refractivity contribution in [1.29, 1.82) is 0 Å². The summed E-state index contributed by atoms with van der Waals surface area (Å²) in [5, 5.41) is 2.87. The van der Waals surface area contributed by atoms with Crippen LogP contribution in [0.5, 0.6) is 0 Å². The zero-order valence-electron chi connectivity index (χ0n) is 10.9. The first-order valence-corrected chi connectivity index (χ1v) is 6.21. The van der Waals surface area contributed by atoms with Gasteiger partial charge < -0.3 is 11.1 Å². The summed E-state index contributed by atoms with van der Waals surface area (Å²) in [6.07, 6.45) is 2.47. The molecule has 1 amide bonds. The fourth-order valence-corrected chi connectivity index (χ4v) is 1.77. The molecule has 2 aromatic rings. The second kappa shape index (κ2) is 6.00. The number of aryl methyl sites for hydroxylation is 1. The average Bonchev–Trinajstić information content (AvgIpc) is 2.43. The Morgan fingerprint density at radius 2 is 2.16 bits per heavy atom. The van der Waals surface area contributed by atoms with E-state index in [9.17, 15) is 4.79 Å². The Balaban J connectivity index is 1.89. The van der Waals surface area contributed by atoms with Gasteiger partial charge in [-0.05, 0) is 42.8 Å². The van der Waals surface area contributed by atoms with Crippen LogP contribution < -0.4 is 11.1 Å². The van der Waals surface area contributed by atoms with Crippen LogP contribution in [-0.2, 0) is 6.42 Å². The summed E-state index contributed by atoms with van der Waals surface area (Å²) in [5.74, 6) is -0.0842. The first-order valence-electron chi connectivity index (χ1n) is 6.21. The number of nitrogens with zero attached hydrogens (tertiary/aromatic N) is 1. The molecule has 19 heavy (non-hydrogen) atoms. The molecule has 98 valence electrons. The van der Waals surface area contributed by atoms with Crippen molar-refractivity contribution >= 4 is 11.6 Å². The summed E-state index contributed by atoms with van der Waals surface area (Å²) in [5.41, 5.74) is 8.94. The number of anilines is 1. The van der Waals surface area contributed by atoms with Crippen molar-refractivity contribution in [1.82, 2.24) is 10.3 Å². The lowest BCUT2D eigenvalue weighted by atomic mass is 10.1. The van der Waals surface area contributed by atoms with Crippen LogP contribution in [0.3, 0.4) is 0 Å². The predicted octanol–water partition coefficient (Wildman–Crippen LogP) is 1.94. The van der Waals surface area contributed by atoms with E-state index < -0.39 is 0 Å². The van der Waals surface area contributed by atoms with Crippen LogP contribution in [0.25, 0.3) is 0 Å². The molecule has 0 unspecified atom stereocenters. The summed E-state index contributed by atoms with van der Waals surface area (Å²) >= 11 is 0. The number of carbonyl (C=O) groups is 1. The maximum atomic E-state index is 11.9. The number of pyridine rings is 1. The second-order valence-electron chi connectivity index (χ2n) is 4.40. The van der Waals surface area contributed by atoms with E-state index in [0.717, 1.165) is 17.7 Å². The number of nitrogen functional groups attached to an aromatic ring is 1. The van der Waals surface area contributed by atoms with Crippen molar-refractivity contribution < 1.29 is 4.79 Å². The molecule has 0 atom stereocenters. The molecule has 0 saturated carbocycles. The van der Waals surface area contributed by atoms with Gasteiger partial charge in [-0.3, -0.25) is 9.78 Å². The number of hydrogen-bond donors (Lipinski definition) is 2. The third kappa shape index (κ3) is 3.55. The third-order valence-electron chi connectivity index (χ3n) is 2.92. The Kier molecular flexibility index (Phi) is 4.13. The van der Waals surface area contributed by atoms with Crippen molar-refractivity contribution in [3.05, 3.63) is 59.4 Å². The van der Waals surface area contributed by atoms with E-state index in [1.807, 2.05) is 25.1 Å². The normalized spacial score (nSPS) is 10.2. The van der Waals surface area contributed by atoms with E-state index >= 15 is 0 Å². The quantitative estimate of drug-likeness (QED) is 0.820. The molecule has 0 aliphatic carbocycles. The van der Waals surface area contributed by atoms with E-state index in [2.05, 4.69) is 10.3 Å². The number of hydrogen-bond acceptors (Lipinski definition) is 3. The van der Waals surface area contributed by atoms with Gasteiger partial charge in [0, 0.05) is 36.1 Å². The number of nitrogens with two attached hydrogens (primary N) is 1. The number of rotatable bonds is 4. The Morgan fingerprint density at radius 3 is 2.84 bits per heavy atom. The number of carbonyl (C=O) groups excluding carboxylic acids is 1. The molecule has 4 nitrogen and oxygen atoms in total. The molecule has 0 fully saturated rings. The largest absolute Gasteiger partial charge is 0.399 e. The number of benzene rings is 1. The smallest absolute Gasteiger partial charge is 0.251 e. The Bertz CT molecular complexity index is 567. The molecule has 0 radical (unpaired) electrons. The van der Waals surface area contributed by atoms with Crippen molar-refractivity contribution in [2.24, 2.45) is 0 Å². The summed E-state index contributed by atoms with van der Waals surface area (Å²) in [6.45, 7) is 2.46. The molecule has 1 aromatic carbocycles. The van der Waals surface area contributed by atoms with E-state index in [1.165, 1.54) is 0 Å². The highest BCUT2D eigenvalue weighted by Gasteiger charge is 2.06. The van der Waals surface area contributed by atoms with Gasteiger partial charge in [0.25, 0.3) is 5.91 Å². The van der Waals surface area contributed by atoms with Gasteiger partial charge in [-0.1, -0.05) is 6.07 Å². The van der Waals surface area contributed by atoms with Gasteiger partial charge in [0.15, 0.2) is 0 Å². The summed E-state index contributed by atoms with van der Waals surface area (Å²) in [4.78, 5) is 16.1. The molecule has 1 heterocycles. The van der Waals surface area contributed by atoms with Gasteiger partial charge in [-0.2, -0.15) is 0 Å². The zero-order valence-corrected chi connectivity index (χ0v) is 10.9. The van der Waals surface area contributed by atoms with Gasteiger partial charge in [-0.15, -0.1) is 0 Å². The number of amides is 1. The van der Waals surface area contributed by atoms with Crippen molar-refractivity contribution in [3.63, 3.8) is 0 Å². The van der Waals surface area contributed by atoms with E-state index in [4.69, 9.17) is 5.73 Å². The number of nitrogens with one attached hydrogen (secondary N) is 1. The summed E-state index contributed by atoms with van der Waals surface area (Å²) in [6, 6.07) is 11.0. The molecule has 0 saturated heterocycles. The Labute approximate surface area is 112 Å². The van der Waals surface area contributed by atoms with Crippen LogP contribution in [0.1, 0.15) is 21.6 Å². The Hall–Kier alpha value is -2.36. The van der Waals surface area contributed by atoms with Crippen molar-refractivity contribution in [3.8, 4) is 0 Å². The topological polar surface area (TPSA) is 68.0 Å². The van der Waals surface area contributed by atoms with Gasteiger partial charge >= 0.3 is 0 Å². The zero-order chi connectivity index (χ0) is 13.7. The van der Waals surface area contributed by atoms with Gasteiger partial charge in [0.1, 0.15) is 0 Å². The minimum absolute atomic E-state index is 0.0842. The minimum atomic E-state index is -0.0842. The Morgan fingerprint density at radius 1 is 1.32 bits per heavy atom. The van der Waals surface area contributed by atoms with Gasteiger partial charge in [0.2, 0.25) is 0 Å². The monoisotopic (exact) mass is 255 g/mol. The van der Waals surface area contributed by atoms with E-state index in [-0.39, 0.29) is 5.91 Å². The van der Waals surface area contributed by atoms with Gasteiger partial charge in [-0.25, -0.2) is 0 Å². The summed E-state index contributed by atoms with van der Waals surface area (Å²) < 4.78 is 0. The fraction of sp³-hybridized carbons (Fsp3) is 0.200. The first-order chi connectivity index (χ1) is 9.16. The molecule has 2 rings (SSSR count). The standard InChI is InChI=1S/C15H17N3O/c1-11-10-12(5-6-14(11)16)15(19)18-9-7-13-4-2-3-8-17-13/h2-6,8,10H,7,9,16H2,1H3,(H,18,19).